The second-order valence-corrected chi connectivity index (χ2v) is 17.5. The molecular weight excluding hydrogens is 710 g/mol. The molecule has 0 aromatic heterocycles. The Morgan fingerprint density at radius 2 is 1.31 bits per heavy atom. The summed E-state index contributed by atoms with van der Waals surface area (Å²) in [5.41, 5.74) is 6.00. The van der Waals surface area contributed by atoms with Crippen molar-refractivity contribution < 1.29 is 47.8 Å². The Kier molecular flexibility index (Phi) is 10.2. The molecule has 1 saturated heterocycles. The molecule has 1 aromatic rings. The van der Waals surface area contributed by atoms with Gasteiger partial charge in [-0.05, 0) is 131 Å². The lowest BCUT2D eigenvalue weighted by molar-refractivity contribution is -0.199. The first kappa shape index (κ1) is 37.2. The Hall–Kier alpha value is -4.69. The Morgan fingerprint density at radius 3 is 1.84 bits per heavy atom. The molecule has 1 aromatic carbocycles. The van der Waals surface area contributed by atoms with Crippen LogP contribution in [0.25, 0.3) is 0 Å². The molecule has 296 valence electrons. The number of hydrogen-bond acceptors (Lipinski definition) is 10. The van der Waals surface area contributed by atoms with Crippen molar-refractivity contribution in [3.8, 4) is 0 Å². The fourth-order valence-corrected chi connectivity index (χ4v) is 11.6. The molecule has 55 heavy (non-hydrogen) atoms. The third-order valence-corrected chi connectivity index (χ3v) is 13.1. The van der Waals surface area contributed by atoms with Gasteiger partial charge in [-0.15, -0.1) is 10.1 Å². The van der Waals surface area contributed by atoms with Gasteiger partial charge < -0.3 is 30.1 Å². The molecule has 8 bridgehead atoms. The first-order chi connectivity index (χ1) is 26.4. The number of benzene rings is 1. The predicted molar refractivity (Wildman–Crippen MR) is 193 cm³/mol. The van der Waals surface area contributed by atoms with Crippen molar-refractivity contribution in [3.63, 3.8) is 0 Å². The molecule has 8 aliphatic carbocycles. The van der Waals surface area contributed by atoms with E-state index < -0.39 is 53.3 Å². The molecule has 10 rings (SSSR count). The molecule has 0 spiro atoms. The standard InChI is InChI=1S/C40H51N5O10/c41-35(43-37(50)53-39-17-25-11-26(18-39)13-27(12-25)19-39)44(38(51)54-40-20-28-14-29(21-40)16-30(15-28)22-40)10-4-7-31(34(48)55-45-32(46)8-9-33(45)47)42-36(49)52-23-24-5-2-1-3-6-24/h1-3,5-6,25-31H,4,7-23H2,(H,42,49)(H2,41,43,50)/t25?,26?,27?,28?,29?,30?,31-,39?,40?/m0/s1. The number of ether oxygens (including phenoxy) is 3. The summed E-state index contributed by atoms with van der Waals surface area (Å²) in [5, 5.41) is 2.88. The number of carbonyl (C=O) groups is 6. The van der Waals surface area contributed by atoms with Crippen LogP contribution in [0.2, 0.25) is 0 Å². The molecular formula is C40H51N5O10. The third-order valence-electron chi connectivity index (χ3n) is 13.1. The van der Waals surface area contributed by atoms with Crippen molar-refractivity contribution >= 4 is 42.0 Å². The Balaban J connectivity index is 0.966. The molecule has 1 atom stereocenters. The Morgan fingerprint density at radius 1 is 0.800 bits per heavy atom. The first-order valence-electron chi connectivity index (χ1n) is 20.0. The average molecular weight is 762 g/mol. The summed E-state index contributed by atoms with van der Waals surface area (Å²) in [5.74, 6) is 0.329. The van der Waals surface area contributed by atoms with Gasteiger partial charge >= 0.3 is 24.2 Å². The highest BCUT2D eigenvalue weighted by molar-refractivity contribution is 6.02. The number of amides is 5. The van der Waals surface area contributed by atoms with E-state index in [1.807, 2.05) is 6.07 Å². The van der Waals surface area contributed by atoms with Crippen LogP contribution in [0.1, 0.15) is 108 Å². The van der Waals surface area contributed by atoms with Crippen LogP contribution in [-0.4, -0.2) is 75.8 Å². The van der Waals surface area contributed by atoms with E-state index in [2.05, 4.69) is 10.3 Å². The quantitative estimate of drug-likeness (QED) is 0.125. The van der Waals surface area contributed by atoms with Crippen molar-refractivity contribution in [1.29, 1.82) is 0 Å². The predicted octanol–water partition coefficient (Wildman–Crippen LogP) is 5.50. The van der Waals surface area contributed by atoms with Crippen molar-refractivity contribution in [1.82, 2.24) is 15.3 Å². The van der Waals surface area contributed by atoms with Crippen LogP contribution in [-0.2, 0) is 40.0 Å². The van der Waals surface area contributed by atoms with E-state index in [0.717, 1.165) is 68.3 Å². The second kappa shape index (κ2) is 15.1. The van der Waals surface area contributed by atoms with Gasteiger partial charge in [0.1, 0.15) is 23.9 Å². The van der Waals surface area contributed by atoms with E-state index in [0.29, 0.717) is 40.6 Å². The van der Waals surface area contributed by atoms with Crippen LogP contribution >= 0.6 is 0 Å². The number of nitrogens with two attached hydrogens (primary N) is 1. The molecule has 9 fully saturated rings. The normalized spacial score (nSPS) is 33.3. The van der Waals surface area contributed by atoms with Crippen LogP contribution < -0.4 is 11.1 Å². The third kappa shape index (κ3) is 8.30. The highest BCUT2D eigenvalue weighted by Gasteiger charge is 2.55. The maximum Gasteiger partial charge on any atom is 0.437 e. The molecule has 5 amide bonds. The zero-order chi connectivity index (χ0) is 38.3. The van der Waals surface area contributed by atoms with Gasteiger partial charge in [0, 0.05) is 19.4 Å². The minimum absolute atomic E-state index is 0.0385. The first-order valence-corrected chi connectivity index (χ1v) is 20.0. The lowest BCUT2D eigenvalue weighted by Crippen LogP contribution is -2.55. The van der Waals surface area contributed by atoms with Gasteiger partial charge in [0.15, 0.2) is 0 Å². The number of hydroxylamine groups is 2. The number of aliphatic imine (C=N–C) groups is 1. The number of nitrogens with one attached hydrogen (secondary N) is 1. The Labute approximate surface area is 319 Å². The monoisotopic (exact) mass is 761 g/mol. The summed E-state index contributed by atoms with van der Waals surface area (Å²) in [6, 6.07) is 7.56. The summed E-state index contributed by atoms with van der Waals surface area (Å²) >= 11 is 0. The minimum Gasteiger partial charge on any atom is -0.445 e. The molecule has 1 aliphatic heterocycles. The lowest BCUT2D eigenvalue weighted by atomic mass is 9.54. The molecule has 0 radical (unpaired) electrons. The molecule has 9 aliphatic rings. The maximum atomic E-state index is 14.1. The summed E-state index contributed by atoms with van der Waals surface area (Å²) < 4.78 is 17.7. The number of imide groups is 1. The van der Waals surface area contributed by atoms with Crippen molar-refractivity contribution in [2.45, 2.75) is 127 Å². The van der Waals surface area contributed by atoms with E-state index in [9.17, 15) is 28.8 Å². The fourth-order valence-electron chi connectivity index (χ4n) is 11.6. The number of hydrogen-bond donors (Lipinski definition) is 2. The van der Waals surface area contributed by atoms with Crippen molar-refractivity contribution in [3.05, 3.63) is 35.9 Å². The van der Waals surface area contributed by atoms with Gasteiger partial charge in [-0.1, -0.05) is 30.3 Å². The summed E-state index contributed by atoms with van der Waals surface area (Å²) in [4.78, 5) is 88.5. The highest BCUT2D eigenvalue weighted by atomic mass is 16.7. The number of rotatable bonds is 11. The van der Waals surface area contributed by atoms with Gasteiger partial charge in [0.2, 0.25) is 5.96 Å². The van der Waals surface area contributed by atoms with Gasteiger partial charge in [0.25, 0.3) is 11.8 Å². The van der Waals surface area contributed by atoms with Gasteiger partial charge in [-0.25, -0.2) is 24.1 Å². The molecule has 1 heterocycles. The van der Waals surface area contributed by atoms with Crippen molar-refractivity contribution in [2.75, 3.05) is 6.54 Å². The minimum atomic E-state index is -1.38. The topological polar surface area (TPSA) is 196 Å². The van der Waals surface area contributed by atoms with E-state index in [1.165, 1.54) is 19.3 Å². The summed E-state index contributed by atoms with van der Waals surface area (Å²) in [6.07, 6.45) is 8.90. The second-order valence-electron chi connectivity index (χ2n) is 17.5. The molecule has 15 heteroatoms. The molecule has 15 nitrogen and oxygen atoms in total. The van der Waals surface area contributed by atoms with Crippen LogP contribution in [0.15, 0.2) is 35.3 Å². The van der Waals surface area contributed by atoms with Crippen LogP contribution in [0.4, 0.5) is 14.4 Å². The van der Waals surface area contributed by atoms with Crippen LogP contribution in [0.3, 0.4) is 0 Å². The molecule has 0 unspecified atom stereocenters. The SMILES string of the molecule is N/C(=N\C(=O)OC12CC3CC(CC(C3)C1)C2)N(CCC[C@H](NC(=O)OCc1ccccc1)C(=O)ON1C(=O)CCC1=O)C(=O)OC12CC3CC(CC(C3)C1)C2. The molecule has 3 N–H and O–H groups in total. The largest absolute Gasteiger partial charge is 0.445 e. The van der Waals surface area contributed by atoms with Crippen LogP contribution in [0.5, 0.6) is 0 Å². The highest BCUT2D eigenvalue weighted by Crippen LogP contribution is 2.58. The van der Waals surface area contributed by atoms with Crippen LogP contribution in [0, 0.1) is 35.5 Å². The van der Waals surface area contributed by atoms with E-state index in [-0.39, 0.29) is 44.8 Å². The maximum absolute atomic E-state index is 14.1. The lowest BCUT2D eigenvalue weighted by Gasteiger charge is -2.55. The smallest absolute Gasteiger partial charge is 0.437 e. The van der Waals surface area contributed by atoms with Gasteiger partial charge in [-0.3, -0.25) is 9.59 Å². The zero-order valence-electron chi connectivity index (χ0n) is 31.2. The summed E-state index contributed by atoms with van der Waals surface area (Å²) in [6.45, 7) is -0.217. The van der Waals surface area contributed by atoms with E-state index in [4.69, 9.17) is 24.8 Å². The van der Waals surface area contributed by atoms with Gasteiger partial charge in [0.05, 0.1) is 0 Å². The fraction of sp³-hybridized carbons (Fsp3) is 0.675. The zero-order valence-corrected chi connectivity index (χ0v) is 31.2. The van der Waals surface area contributed by atoms with E-state index in [1.54, 1.807) is 24.3 Å². The van der Waals surface area contributed by atoms with Gasteiger partial charge in [-0.2, -0.15) is 0 Å². The Bertz CT molecular complexity index is 1640. The number of guanidine groups is 1. The molecule has 8 saturated carbocycles. The number of nitrogens with zero attached hydrogens (tertiary/aromatic N) is 3. The van der Waals surface area contributed by atoms with Crippen molar-refractivity contribution in [2.24, 2.45) is 46.2 Å². The number of alkyl carbamates (subject to hydrolysis) is 1. The number of carbonyl (C=O) groups excluding carboxylic acids is 6. The average Bonchev–Trinajstić information content (AvgIpc) is 3.42. The van der Waals surface area contributed by atoms with E-state index >= 15 is 0 Å². The summed E-state index contributed by atoms with van der Waals surface area (Å²) in [7, 11) is 0.